The Morgan fingerprint density at radius 2 is 0.471 bits per heavy atom. The van der Waals surface area contributed by atoms with Crippen LogP contribution in [0.15, 0.2) is 97.1 Å². The van der Waals surface area contributed by atoms with E-state index in [1.54, 1.807) is 97.1 Å². The summed E-state index contributed by atoms with van der Waals surface area (Å²) in [7, 11) is 0. The summed E-state index contributed by atoms with van der Waals surface area (Å²) in [6, 6.07) is 26.9. The lowest BCUT2D eigenvalue weighted by atomic mass is 9.99. The molecule has 5 aromatic rings. The Morgan fingerprint density at radius 1 is 0.294 bits per heavy atom. The summed E-state index contributed by atoms with van der Waals surface area (Å²) in [5.41, 5.74) is 5.40. The van der Waals surface area contributed by atoms with Crippen molar-refractivity contribution in [2.24, 2.45) is 0 Å². The van der Waals surface area contributed by atoms with E-state index < -0.39 is 0 Å². The first-order valence-corrected chi connectivity index (χ1v) is 10.6. The molecule has 1 aromatic heterocycles. The first kappa shape index (κ1) is 21.0. The highest BCUT2D eigenvalue weighted by molar-refractivity contribution is 5.86. The highest BCUT2D eigenvalue weighted by Gasteiger charge is 2.19. The van der Waals surface area contributed by atoms with Crippen molar-refractivity contribution in [2.45, 2.75) is 0 Å². The molecule has 4 aromatic carbocycles. The maximum atomic E-state index is 9.79. The average Bonchev–Trinajstić information content (AvgIpc) is 2.85. The van der Waals surface area contributed by atoms with Crippen molar-refractivity contribution in [3.63, 3.8) is 0 Å². The smallest absolute Gasteiger partial charge is 0.115 e. The molecule has 0 atom stereocenters. The molecule has 0 aliphatic carbocycles. The van der Waals surface area contributed by atoms with Crippen LogP contribution in [0.2, 0.25) is 0 Å². The minimum Gasteiger partial charge on any atom is -0.508 e. The van der Waals surface area contributed by atoms with Gasteiger partial charge >= 0.3 is 0 Å². The van der Waals surface area contributed by atoms with E-state index in [0.29, 0.717) is 22.8 Å². The maximum Gasteiger partial charge on any atom is 0.115 e. The molecule has 0 spiro atoms. The maximum absolute atomic E-state index is 9.79. The van der Waals surface area contributed by atoms with E-state index in [1.165, 1.54) is 0 Å². The topological polar surface area (TPSA) is 107 Å². The van der Waals surface area contributed by atoms with Crippen LogP contribution in [0.25, 0.3) is 45.0 Å². The number of phenols is 4. The van der Waals surface area contributed by atoms with Crippen molar-refractivity contribution in [1.82, 2.24) is 9.97 Å². The number of aromatic nitrogens is 2. The Bertz CT molecular complexity index is 1220. The summed E-state index contributed by atoms with van der Waals surface area (Å²) in [6.45, 7) is 0. The Labute approximate surface area is 195 Å². The molecule has 0 bridgehead atoms. The summed E-state index contributed by atoms with van der Waals surface area (Å²) >= 11 is 0. The van der Waals surface area contributed by atoms with Gasteiger partial charge in [0.1, 0.15) is 23.0 Å². The molecule has 34 heavy (non-hydrogen) atoms. The molecule has 0 aliphatic heterocycles. The largest absolute Gasteiger partial charge is 0.508 e. The van der Waals surface area contributed by atoms with Gasteiger partial charge in [0.05, 0.1) is 22.8 Å². The van der Waals surface area contributed by atoms with Crippen LogP contribution in [-0.2, 0) is 0 Å². The van der Waals surface area contributed by atoms with Gasteiger partial charge in [-0.05, 0) is 97.1 Å². The first-order valence-electron chi connectivity index (χ1n) is 10.6. The Balaban J connectivity index is 1.83. The summed E-state index contributed by atoms with van der Waals surface area (Å²) in [6.07, 6.45) is 0. The van der Waals surface area contributed by atoms with Gasteiger partial charge in [-0.1, -0.05) is 0 Å². The van der Waals surface area contributed by atoms with E-state index in [4.69, 9.17) is 9.97 Å². The number of hydrogen-bond acceptors (Lipinski definition) is 6. The predicted octanol–water partition coefficient (Wildman–Crippen LogP) is 5.97. The fourth-order valence-electron chi connectivity index (χ4n) is 3.72. The van der Waals surface area contributed by atoms with Gasteiger partial charge in [0.15, 0.2) is 0 Å². The molecular formula is C28H20N2O4. The molecule has 6 heteroatoms. The molecule has 0 saturated heterocycles. The third kappa shape index (κ3) is 4.12. The van der Waals surface area contributed by atoms with Gasteiger partial charge in [0, 0.05) is 22.3 Å². The summed E-state index contributed by atoms with van der Waals surface area (Å²) < 4.78 is 0. The van der Waals surface area contributed by atoms with Crippen LogP contribution < -0.4 is 0 Å². The third-order valence-corrected chi connectivity index (χ3v) is 5.46. The summed E-state index contributed by atoms with van der Waals surface area (Å²) in [5, 5.41) is 39.1. The Kier molecular flexibility index (Phi) is 5.32. The minimum absolute atomic E-state index is 0.141. The van der Waals surface area contributed by atoms with Crippen LogP contribution in [0.1, 0.15) is 0 Å². The van der Waals surface area contributed by atoms with Crippen molar-refractivity contribution in [2.75, 3.05) is 0 Å². The molecule has 0 saturated carbocycles. The van der Waals surface area contributed by atoms with Gasteiger partial charge in [-0.3, -0.25) is 0 Å². The van der Waals surface area contributed by atoms with Gasteiger partial charge in [-0.2, -0.15) is 0 Å². The molecule has 0 amide bonds. The second-order valence-corrected chi connectivity index (χ2v) is 7.81. The van der Waals surface area contributed by atoms with Crippen molar-refractivity contribution < 1.29 is 20.4 Å². The van der Waals surface area contributed by atoms with E-state index in [-0.39, 0.29) is 23.0 Å². The van der Waals surface area contributed by atoms with Crippen molar-refractivity contribution in [3.05, 3.63) is 97.1 Å². The average molecular weight is 448 g/mol. The number of benzene rings is 4. The number of hydrogen-bond donors (Lipinski definition) is 4. The van der Waals surface area contributed by atoms with Crippen LogP contribution in [0, 0.1) is 0 Å². The van der Waals surface area contributed by atoms with Crippen molar-refractivity contribution in [3.8, 4) is 68.0 Å². The highest BCUT2D eigenvalue weighted by Crippen LogP contribution is 2.38. The zero-order valence-electron chi connectivity index (χ0n) is 17.9. The van der Waals surface area contributed by atoms with Crippen molar-refractivity contribution in [1.29, 1.82) is 0 Å². The van der Waals surface area contributed by atoms with Gasteiger partial charge in [0.25, 0.3) is 0 Å². The normalized spacial score (nSPS) is 10.8. The lowest BCUT2D eigenvalue weighted by Crippen LogP contribution is -2.00. The standard InChI is InChI=1S/C28H20N2O4/c31-21-9-1-17(2-10-21)25-26(18-3-11-22(32)12-4-18)30-28(20-7-15-24(34)16-8-20)27(29-25)19-5-13-23(33)14-6-19/h1-16,31-34H. The molecule has 6 nitrogen and oxygen atoms in total. The van der Waals surface area contributed by atoms with E-state index in [9.17, 15) is 20.4 Å². The second-order valence-electron chi connectivity index (χ2n) is 7.81. The second kappa shape index (κ2) is 8.60. The number of nitrogens with zero attached hydrogens (tertiary/aromatic N) is 2. The summed E-state index contributed by atoms with van der Waals surface area (Å²) in [4.78, 5) is 10.0. The molecule has 4 N–H and O–H groups in total. The van der Waals surface area contributed by atoms with E-state index in [2.05, 4.69) is 0 Å². The van der Waals surface area contributed by atoms with Gasteiger partial charge in [-0.25, -0.2) is 9.97 Å². The van der Waals surface area contributed by atoms with Crippen LogP contribution in [0.5, 0.6) is 23.0 Å². The molecule has 0 fully saturated rings. The summed E-state index contributed by atoms with van der Waals surface area (Å²) in [5.74, 6) is 0.564. The number of rotatable bonds is 4. The fourth-order valence-corrected chi connectivity index (χ4v) is 3.72. The van der Waals surface area contributed by atoms with Crippen LogP contribution in [0.3, 0.4) is 0 Å². The van der Waals surface area contributed by atoms with E-state index in [1.807, 2.05) is 0 Å². The first-order chi connectivity index (χ1) is 16.5. The molecule has 0 aliphatic rings. The number of aromatic hydroxyl groups is 4. The molecule has 0 unspecified atom stereocenters. The number of phenolic OH excluding ortho intramolecular Hbond substituents is 4. The SMILES string of the molecule is Oc1ccc(-c2nc(-c3ccc(O)cc3)c(-c3ccc(O)cc3)nc2-c2ccc(O)cc2)cc1. The van der Waals surface area contributed by atoms with Crippen LogP contribution in [0.4, 0.5) is 0 Å². The van der Waals surface area contributed by atoms with E-state index in [0.717, 1.165) is 22.3 Å². The molecule has 0 radical (unpaired) electrons. The third-order valence-electron chi connectivity index (χ3n) is 5.46. The Morgan fingerprint density at radius 3 is 0.647 bits per heavy atom. The minimum atomic E-state index is 0.141. The van der Waals surface area contributed by atoms with Gasteiger partial charge in [0.2, 0.25) is 0 Å². The molecular weight excluding hydrogens is 428 g/mol. The lowest BCUT2D eigenvalue weighted by molar-refractivity contribution is 0.475. The van der Waals surface area contributed by atoms with Crippen LogP contribution >= 0.6 is 0 Å². The zero-order valence-corrected chi connectivity index (χ0v) is 17.9. The predicted molar refractivity (Wildman–Crippen MR) is 130 cm³/mol. The monoisotopic (exact) mass is 448 g/mol. The zero-order chi connectivity index (χ0) is 23.7. The Hall–Kier alpha value is -4.84. The van der Waals surface area contributed by atoms with Gasteiger partial charge in [-0.15, -0.1) is 0 Å². The van der Waals surface area contributed by atoms with Crippen LogP contribution in [-0.4, -0.2) is 30.4 Å². The fraction of sp³-hybridized carbons (Fsp3) is 0. The quantitative estimate of drug-likeness (QED) is 0.270. The lowest BCUT2D eigenvalue weighted by Gasteiger charge is -2.16. The van der Waals surface area contributed by atoms with Gasteiger partial charge < -0.3 is 20.4 Å². The molecule has 1 heterocycles. The van der Waals surface area contributed by atoms with Crippen molar-refractivity contribution >= 4 is 0 Å². The van der Waals surface area contributed by atoms with E-state index >= 15 is 0 Å². The molecule has 166 valence electrons. The molecule has 5 rings (SSSR count). The highest BCUT2D eigenvalue weighted by atomic mass is 16.3.